The Bertz CT molecular complexity index is 615. The molecule has 19 heavy (non-hydrogen) atoms. The van der Waals surface area contributed by atoms with Gasteiger partial charge in [-0.05, 0) is 19.9 Å². The lowest BCUT2D eigenvalue weighted by atomic mass is 10.2. The Balaban J connectivity index is 0.000000741. The van der Waals surface area contributed by atoms with Crippen LogP contribution in [0.1, 0.15) is 41.5 Å². The number of para-hydroxylation sites is 1. The highest BCUT2D eigenvalue weighted by atomic mass is 35.5. The van der Waals surface area contributed by atoms with E-state index in [1.165, 1.54) is 0 Å². The number of fused-ring (bicyclic) bond motifs is 1. The Kier molecular flexibility index (Phi) is 8.90. The minimum atomic E-state index is 0.788. The largest absolute Gasteiger partial charge is 0.248 e. The Labute approximate surface area is 121 Å². The number of aromatic nitrogens is 1. The van der Waals surface area contributed by atoms with Gasteiger partial charge in [0.2, 0.25) is 0 Å². The van der Waals surface area contributed by atoms with Crippen molar-refractivity contribution < 1.29 is 0 Å². The summed E-state index contributed by atoms with van der Waals surface area (Å²) in [6.45, 7) is 11.9. The quantitative estimate of drug-likeness (QED) is 0.689. The minimum Gasteiger partial charge on any atom is -0.248 e. The highest BCUT2D eigenvalue weighted by molar-refractivity contribution is 6.35. The third-order valence-corrected chi connectivity index (χ3v) is 2.86. The fraction of sp³-hybridized carbons (Fsp3) is 0.353. The van der Waals surface area contributed by atoms with Crippen molar-refractivity contribution in [2.75, 3.05) is 0 Å². The van der Waals surface area contributed by atoms with Crippen LogP contribution in [0.15, 0.2) is 24.3 Å². The van der Waals surface area contributed by atoms with Gasteiger partial charge in [-0.15, -0.1) is 0 Å². The van der Waals surface area contributed by atoms with Crippen LogP contribution in [0.2, 0.25) is 5.02 Å². The van der Waals surface area contributed by atoms with Crippen LogP contribution >= 0.6 is 11.6 Å². The van der Waals surface area contributed by atoms with Gasteiger partial charge in [-0.2, -0.15) is 0 Å². The molecule has 0 aliphatic heterocycles. The zero-order valence-corrected chi connectivity index (χ0v) is 13.5. The molecule has 0 unspecified atom stereocenters. The molecule has 1 heterocycles. The fourth-order valence-corrected chi connectivity index (χ4v) is 2.06. The van der Waals surface area contributed by atoms with Gasteiger partial charge in [-0.1, -0.05) is 69.6 Å². The predicted octanol–water partition coefficient (Wildman–Crippen LogP) is 4.54. The highest BCUT2D eigenvalue weighted by Gasteiger charge is 2.01. The van der Waals surface area contributed by atoms with Crippen molar-refractivity contribution in [1.82, 2.24) is 4.98 Å². The first kappa shape index (κ1) is 17.7. The van der Waals surface area contributed by atoms with Gasteiger partial charge in [0.05, 0.1) is 15.9 Å². The van der Waals surface area contributed by atoms with Gasteiger partial charge < -0.3 is 0 Å². The molecular weight excluding hydrogens is 254 g/mol. The van der Waals surface area contributed by atoms with Gasteiger partial charge in [0.1, 0.15) is 0 Å². The van der Waals surface area contributed by atoms with E-state index in [4.69, 9.17) is 11.6 Å². The van der Waals surface area contributed by atoms with E-state index < -0.39 is 0 Å². The number of benzene rings is 1. The summed E-state index contributed by atoms with van der Waals surface area (Å²) in [6.07, 6.45) is 3.98. The molecule has 0 amide bonds. The van der Waals surface area contributed by atoms with E-state index in [0.717, 1.165) is 26.5 Å². The van der Waals surface area contributed by atoms with Crippen LogP contribution in [0, 0.1) is 0 Å². The molecular formula is C17H24ClN. The molecule has 2 aromatic rings. The average Bonchev–Trinajstić information content (AvgIpc) is 2.51. The zero-order chi connectivity index (χ0) is 14.8. The Morgan fingerprint density at radius 1 is 0.947 bits per heavy atom. The normalized spacial score (nSPS) is 11.5. The summed E-state index contributed by atoms with van der Waals surface area (Å²) in [5.41, 5.74) is 0.946. The fourth-order valence-electron chi connectivity index (χ4n) is 1.70. The topological polar surface area (TPSA) is 12.9 Å². The van der Waals surface area contributed by atoms with Gasteiger partial charge in [-0.3, -0.25) is 0 Å². The second-order valence-electron chi connectivity index (χ2n) is 3.32. The maximum absolute atomic E-state index is 6.33. The molecule has 0 radical (unpaired) electrons. The van der Waals surface area contributed by atoms with Crippen LogP contribution in [-0.4, -0.2) is 4.98 Å². The lowest BCUT2D eigenvalue weighted by Gasteiger charge is -2.01. The first-order valence-corrected chi connectivity index (χ1v) is 7.32. The molecule has 0 bridgehead atoms. The molecule has 0 saturated heterocycles. The summed E-state index contributed by atoms with van der Waals surface area (Å²) < 4.78 is 0. The summed E-state index contributed by atoms with van der Waals surface area (Å²) in [5, 5.41) is 3.76. The van der Waals surface area contributed by atoms with Crippen LogP contribution in [0.5, 0.6) is 0 Å². The van der Waals surface area contributed by atoms with Crippen molar-refractivity contribution in [2.24, 2.45) is 0 Å². The first-order valence-electron chi connectivity index (χ1n) is 6.95. The molecule has 0 N–H and O–H groups in total. The lowest BCUT2D eigenvalue weighted by molar-refractivity contribution is 1.28. The van der Waals surface area contributed by atoms with Crippen molar-refractivity contribution in [2.45, 2.75) is 41.5 Å². The van der Waals surface area contributed by atoms with Crippen molar-refractivity contribution in [1.29, 1.82) is 0 Å². The highest BCUT2D eigenvalue weighted by Crippen LogP contribution is 2.15. The number of hydrogen-bond donors (Lipinski definition) is 0. The van der Waals surface area contributed by atoms with Gasteiger partial charge in [-0.25, -0.2) is 4.98 Å². The van der Waals surface area contributed by atoms with E-state index in [1.807, 2.05) is 78.0 Å². The van der Waals surface area contributed by atoms with E-state index in [2.05, 4.69) is 4.98 Å². The smallest absolute Gasteiger partial charge is 0.0724 e. The summed E-state index contributed by atoms with van der Waals surface area (Å²) >= 11 is 6.33. The average molecular weight is 278 g/mol. The third kappa shape index (κ3) is 4.07. The molecule has 1 aromatic heterocycles. The van der Waals surface area contributed by atoms with E-state index in [-0.39, 0.29) is 0 Å². The van der Waals surface area contributed by atoms with Crippen molar-refractivity contribution in [3.8, 4) is 0 Å². The van der Waals surface area contributed by atoms with Crippen LogP contribution in [-0.2, 0) is 0 Å². The van der Waals surface area contributed by atoms with Crippen LogP contribution in [0.25, 0.3) is 23.1 Å². The van der Waals surface area contributed by atoms with Crippen LogP contribution in [0.4, 0.5) is 0 Å². The second kappa shape index (κ2) is 9.57. The summed E-state index contributed by atoms with van der Waals surface area (Å²) in [4.78, 5) is 4.55. The summed E-state index contributed by atoms with van der Waals surface area (Å²) in [6, 6.07) is 7.93. The number of halogens is 1. The van der Waals surface area contributed by atoms with Crippen molar-refractivity contribution in [3.63, 3.8) is 0 Å². The molecule has 0 saturated carbocycles. The summed E-state index contributed by atoms with van der Waals surface area (Å²) in [5.74, 6) is 0. The van der Waals surface area contributed by atoms with E-state index in [0.29, 0.717) is 0 Å². The molecule has 0 aliphatic rings. The maximum Gasteiger partial charge on any atom is 0.0724 e. The maximum atomic E-state index is 6.33. The van der Waals surface area contributed by atoms with Gasteiger partial charge in [0.25, 0.3) is 0 Å². The molecule has 104 valence electrons. The zero-order valence-electron chi connectivity index (χ0n) is 12.8. The Hall–Kier alpha value is -1.34. The van der Waals surface area contributed by atoms with Crippen LogP contribution in [0.3, 0.4) is 0 Å². The Morgan fingerprint density at radius 2 is 1.53 bits per heavy atom. The monoisotopic (exact) mass is 277 g/mol. The molecule has 1 nitrogen and oxygen atoms in total. The number of nitrogens with zero attached hydrogens (tertiary/aromatic N) is 1. The Morgan fingerprint density at radius 3 is 2.05 bits per heavy atom. The molecule has 0 spiro atoms. The number of hydrogen-bond acceptors (Lipinski definition) is 1. The van der Waals surface area contributed by atoms with Gasteiger partial charge >= 0.3 is 0 Å². The van der Waals surface area contributed by atoms with Crippen molar-refractivity contribution >= 4 is 34.7 Å². The van der Waals surface area contributed by atoms with Crippen molar-refractivity contribution in [3.05, 3.63) is 39.9 Å². The van der Waals surface area contributed by atoms with Gasteiger partial charge in [0.15, 0.2) is 0 Å². The number of rotatable bonds is 0. The molecule has 0 aliphatic carbocycles. The minimum absolute atomic E-state index is 0.788. The van der Waals surface area contributed by atoms with E-state index in [9.17, 15) is 0 Å². The molecule has 2 heteroatoms. The van der Waals surface area contributed by atoms with E-state index in [1.54, 1.807) is 0 Å². The third-order valence-electron chi connectivity index (χ3n) is 2.46. The molecule has 1 aromatic carbocycles. The SMILES string of the molecule is C/C=c1/nc2ccccc2c(Cl)/c1=C/C.CC.CC. The van der Waals surface area contributed by atoms with Crippen LogP contribution < -0.4 is 10.6 Å². The van der Waals surface area contributed by atoms with E-state index >= 15 is 0 Å². The first-order chi connectivity index (χ1) is 9.27. The standard InChI is InChI=1S/C13H12ClN.2C2H6/c1-3-9-11(4-2)15-12-8-6-5-7-10(12)13(9)14;2*1-2/h3-8H,1-2H3;2*1-2H3/b9-3+,11-4+;;. The molecule has 2 rings (SSSR count). The predicted molar refractivity (Wildman–Crippen MR) is 89.0 cm³/mol. The second-order valence-corrected chi connectivity index (χ2v) is 3.70. The number of pyridine rings is 1. The molecule has 0 atom stereocenters. The lowest BCUT2D eigenvalue weighted by Crippen LogP contribution is -2.28. The molecule has 0 fully saturated rings. The van der Waals surface area contributed by atoms with Gasteiger partial charge in [0, 0.05) is 10.6 Å². The summed E-state index contributed by atoms with van der Waals surface area (Å²) in [7, 11) is 0.